The van der Waals surface area contributed by atoms with E-state index in [2.05, 4.69) is 67.0 Å². The maximum Gasteiger partial charge on any atom is 0.137 e. The van der Waals surface area contributed by atoms with Crippen molar-refractivity contribution < 1.29 is 0 Å². The molecule has 0 unspecified atom stereocenters. The molecule has 0 saturated heterocycles. The Labute approximate surface area is 108 Å². The van der Waals surface area contributed by atoms with Gasteiger partial charge in [-0.05, 0) is 20.8 Å². The zero-order chi connectivity index (χ0) is 13.8. The average molecular weight is 250 g/mol. The highest BCUT2D eigenvalue weighted by molar-refractivity contribution is 4.97. The van der Waals surface area contributed by atoms with E-state index in [1.165, 1.54) is 6.33 Å². The summed E-state index contributed by atoms with van der Waals surface area (Å²) in [5.41, 5.74) is 0.160. The smallest absolute Gasteiger partial charge is 0.137 e. The van der Waals surface area contributed by atoms with E-state index in [-0.39, 0.29) is 11.0 Å². The van der Waals surface area contributed by atoms with Crippen molar-refractivity contribution in [3.63, 3.8) is 0 Å². The highest BCUT2D eigenvalue weighted by atomic mass is 15.4. The molecular formula is C12H22N6. The molecule has 0 aliphatic carbocycles. The van der Waals surface area contributed by atoms with Gasteiger partial charge in [-0.1, -0.05) is 26.0 Å². The first-order chi connectivity index (χ1) is 8.21. The highest BCUT2D eigenvalue weighted by Crippen LogP contribution is 2.15. The molecule has 2 aromatic rings. The fourth-order valence-corrected chi connectivity index (χ4v) is 1.13. The summed E-state index contributed by atoms with van der Waals surface area (Å²) in [6, 6.07) is 0. The minimum absolute atomic E-state index is 0.0660. The van der Waals surface area contributed by atoms with Crippen molar-refractivity contribution in [3.05, 3.63) is 24.5 Å². The summed E-state index contributed by atoms with van der Waals surface area (Å²) in [6.07, 6.45) is 5.08. The van der Waals surface area contributed by atoms with Crippen molar-refractivity contribution in [1.29, 1.82) is 0 Å². The lowest BCUT2D eigenvalue weighted by Gasteiger charge is -2.17. The summed E-state index contributed by atoms with van der Waals surface area (Å²) < 4.78 is 1.83. The first-order valence-corrected chi connectivity index (χ1v) is 5.94. The molecule has 2 rings (SSSR count). The Kier molecular flexibility index (Phi) is 4.21. The van der Waals surface area contributed by atoms with E-state index in [4.69, 9.17) is 0 Å². The van der Waals surface area contributed by atoms with Crippen molar-refractivity contribution in [1.82, 2.24) is 30.2 Å². The summed E-state index contributed by atoms with van der Waals surface area (Å²) in [5, 5.41) is 14.1. The van der Waals surface area contributed by atoms with Gasteiger partial charge in [0.1, 0.15) is 12.2 Å². The maximum atomic E-state index is 4.02. The second kappa shape index (κ2) is 5.29. The lowest BCUT2D eigenvalue weighted by molar-refractivity contribution is 0.347. The minimum Gasteiger partial charge on any atom is -0.263 e. The van der Waals surface area contributed by atoms with Crippen molar-refractivity contribution in [3.8, 4) is 0 Å². The van der Waals surface area contributed by atoms with Crippen LogP contribution in [0.3, 0.4) is 0 Å². The molecular weight excluding hydrogens is 228 g/mol. The molecule has 2 heterocycles. The molecule has 1 N–H and O–H groups in total. The van der Waals surface area contributed by atoms with Gasteiger partial charge in [-0.15, -0.1) is 5.10 Å². The van der Waals surface area contributed by atoms with Gasteiger partial charge in [0.25, 0.3) is 0 Å². The minimum atomic E-state index is 0.0660. The van der Waals surface area contributed by atoms with Gasteiger partial charge in [0.05, 0.1) is 11.7 Å². The molecule has 18 heavy (non-hydrogen) atoms. The molecule has 6 heteroatoms. The number of hydrogen-bond donors (Lipinski definition) is 1. The third-order valence-electron chi connectivity index (χ3n) is 2.24. The molecule has 0 amide bonds. The monoisotopic (exact) mass is 250 g/mol. The zero-order valence-corrected chi connectivity index (χ0v) is 12.0. The molecule has 0 atom stereocenters. The maximum absolute atomic E-state index is 4.02. The summed E-state index contributed by atoms with van der Waals surface area (Å²) in [5.74, 6) is 0.933. The van der Waals surface area contributed by atoms with Gasteiger partial charge in [-0.25, -0.2) is 9.67 Å². The van der Waals surface area contributed by atoms with Gasteiger partial charge >= 0.3 is 0 Å². The summed E-state index contributed by atoms with van der Waals surface area (Å²) in [6.45, 7) is 12.5. The van der Waals surface area contributed by atoms with E-state index >= 15 is 0 Å². The van der Waals surface area contributed by atoms with Crippen molar-refractivity contribution in [2.24, 2.45) is 0 Å². The fraction of sp³-hybridized carbons (Fsp3) is 0.667. The number of rotatable bonds is 0. The summed E-state index contributed by atoms with van der Waals surface area (Å²) in [7, 11) is 0. The van der Waals surface area contributed by atoms with Crippen LogP contribution in [0.5, 0.6) is 0 Å². The van der Waals surface area contributed by atoms with Crippen LogP contribution in [0.1, 0.15) is 47.4 Å². The van der Waals surface area contributed by atoms with E-state index in [0.717, 1.165) is 5.82 Å². The molecule has 6 nitrogen and oxygen atoms in total. The van der Waals surface area contributed by atoms with Crippen LogP contribution in [0.15, 0.2) is 18.7 Å². The van der Waals surface area contributed by atoms with Crippen LogP contribution in [0.2, 0.25) is 0 Å². The van der Waals surface area contributed by atoms with Gasteiger partial charge in [0, 0.05) is 11.6 Å². The molecule has 0 bridgehead atoms. The molecule has 0 radical (unpaired) electrons. The van der Waals surface area contributed by atoms with E-state index in [1.807, 2.05) is 10.9 Å². The quantitative estimate of drug-likeness (QED) is 0.777. The highest BCUT2D eigenvalue weighted by Gasteiger charge is 2.15. The van der Waals surface area contributed by atoms with Crippen LogP contribution < -0.4 is 0 Å². The Morgan fingerprint density at radius 2 is 1.78 bits per heavy atom. The van der Waals surface area contributed by atoms with E-state index in [0.29, 0.717) is 0 Å². The van der Waals surface area contributed by atoms with Gasteiger partial charge in [0.15, 0.2) is 0 Å². The second-order valence-corrected chi connectivity index (χ2v) is 6.10. The Balaban J connectivity index is 0.000000180. The van der Waals surface area contributed by atoms with Gasteiger partial charge in [-0.3, -0.25) is 5.10 Å². The molecule has 2 aromatic heterocycles. The number of aromatic nitrogens is 6. The van der Waals surface area contributed by atoms with Crippen LogP contribution in [-0.2, 0) is 11.0 Å². The molecule has 0 aliphatic heterocycles. The normalized spacial score (nSPS) is 11.9. The molecule has 0 saturated carbocycles. The Bertz CT molecular complexity index is 386. The number of nitrogens with zero attached hydrogens (tertiary/aromatic N) is 5. The summed E-state index contributed by atoms with van der Waals surface area (Å²) in [4.78, 5) is 4.02. The van der Waals surface area contributed by atoms with Gasteiger partial charge in [0.2, 0.25) is 0 Å². The van der Waals surface area contributed by atoms with Gasteiger partial charge < -0.3 is 0 Å². The predicted octanol–water partition coefficient (Wildman–Crippen LogP) is 2.14. The Morgan fingerprint density at radius 3 is 2.00 bits per heavy atom. The zero-order valence-electron chi connectivity index (χ0n) is 12.0. The molecule has 0 fully saturated rings. The van der Waals surface area contributed by atoms with Crippen LogP contribution in [0, 0.1) is 0 Å². The lowest BCUT2D eigenvalue weighted by Crippen LogP contribution is -2.22. The molecule has 0 spiro atoms. The van der Waals surface area contributed by atoms with Crippen molar-refractivity contribution in [2.45, 2.75) is 52.5 Å². The number of aromatic amines is 1. The topological polar surface area (TPSA) is 72.3 Å². The molecule has 0 aromatic carbocycles. The summed E-state index contributed by atoms with van der Waals surface area (Å²) >= 11 is 0. The third kappa shape index (κ3) is 4.27. The van der Waals surface area contributed by atoms with Crippen LogP contribution in [0.4, 0.5) is 0 Å². The van der Waals surface area contributed by atoms with Crippen molar-refractivity contribution >= 4 is 0 Å². The van der Waals surface area contributed by atoms with Crippen LogP contribution in [-0.4, -0.2) is 30.2 Å². The van der Waals surface area contributed by atoms with Crippen LogP contribution >= 0.6 is 0 Å². The largest absolute Gasteiger partial charge is 0.263 e. The first-order valence-electron chi connectivity index (χ1n) is 5.94. The van der Waals surface area contributed by atoms with Gasteiger partial charge in [-0.2, -0.15) is 5.10 Å². The van der Waals surface area contributed by atoms with E-state index in [1.54, 1.807) is 6.20 Å². The predicted molar refractivity (Wildman–Crippen MR) is 70.1 cm³/mol. The second-order valence-electron chi connectivity index (χ2n) is 6.10. The number of hydrogen-bond acceptors (Lipinski definition) is 4. The van der Waals surface area contributed by atoms with E-state index < -0.39 is 0 Å². The van der Waals surface area contributed by atoms with E-state index in [9.17, 15) is 0 Å². The standard InChI is InChI=1S/2C6H11N3/c1-6(2,3)5-7-4-8-9-5;1-6(2,3)9-5-4-7-8-9/h4H,1-3H3,(H,7,8,9);4-5H,1-3H3. The Hall–Kier alpha value is -1.72. The van der Waals surface area contributed by atoms with Crippen LogP contribution in [0.25, 0.3) is 0 Å². The third-order valence-corrected chi connectivity index (χ3v) is 2.24. The Morgan fingerprint density at radius 1 is 1.11 bits per heavy atom. The lowest BCUT2D eigenvalue weighted by atomic mass is 9.96. The number of nitrogens with one attached hydrogen (secondary N) is 1. The SMILES string of the molecule is CC(C)(C)c1ncn[nH]1.CC(C)(C)n1ccnn1. The number of H-pyrrole nitrogens is 1. The average Bonchev–Trinajstić information content (AvgIpc) is 2.91. The fourth-order valence-electron chi connectivity index (χ4n) is 1.13. The molecule has 100 valence electrons. The first kappa shape index (κ1) is 14.3. The molecule has 0 aliphatic rings. The van der Waals surface area contributed by atoms with Crippen molar-refractivity contribution in [2.75, 3.05) is 0 Å².